The van der Waals surface area contributed by atoms with Crippen molar-refractivity contribution in [2.45, 2.75) is 109 Å². The van der Waals surface area contributed by atoms with Crippen LogP contribution in [0.4, 0.5) is 0 Å². The van der Waals surface area contributed by atoms with Gasteiger partial charge in [-0.15, -0.1) is 0 Å². The molecule has 0 unspecified atom stereocenters. The van der Waals surface area contributed by atoms with Crippen LogP contribution in [0.15, 0.2) is 0 Å². The lowest BCUT2D eigenvalue weighted by molar-refractivity contribution is -0.209. The Hall–Kier alpha value is -0.610. The molecule has 0 radical (unpaired) electrons. The predicted octanol–water partition coefficient (Wildman–Crippen LogP) is 4.96. The smallest absolute Gasteiger partial charge is 0.366 e. The number of carbonyl (C=O) groups excluding carboxylic acids is 1. The lowest BCUT2D eigenvalue weighted by Gasteiger charge is -2.20. The van der Waals surface area contributed by atoms with Gasteiger partial charge >= 0.3 is 5.97 Å². The number of methoxy groups -OCH3 is 1. The number of hydrogen-bond acceptors (Lipinski definition) is 4. The van der Waals surface area contributed by atoms with Crippen LogP contribution >= 0.6 is 0 Å². The van der Waals surface area contributed by atoms with Crippen LogP contribution in [-0.4, -0.2) is 29.1 Å². The molecule has 0 aromatic heterocycles. The summed E-state index contributed by atoms with van der Waals surface area (Å²) >= 11 is 0. The molecule has 0 saturated heterocycles. The van der Waals surface area contributed by atoms with Gasteiger partial charge in [0.25, 0.3) is 5.79 Å². The minimum absolute atomic E-state index is 0.0610. The molecule has 1 aliphatic carbocycles. The molecule has 1 saturated carbocycles. The summed E-state index contributed by atoms with van der Waals surface area (Å²) in [4.78, 5) is 11.2. The first kappa shape index (κ1) is 22.4. The molecule has 2 N–H and O–H groups in total. The zero-order chi connectivity index (χ0) is 18.5. The van der Waals surface area contributed by atoms with Gasteiger partial charge in [-0.3, -0.25) is 0 Å². The maximum Gasteiger partial charge on any atom is 0.366 e. The lowest BCUT2D eigenvalue weighted by atomic mass is 9.86. The number of aliphatic hydroxyl groups is 2. The monoisotopic (exact) mass is 356 g/mol. The van der Waals surface area contributed by atoms with Gasteiger partial charge in [-0.2, -0.15) is 0 Å². The summed E-state index contributed by atoms with van der Waals surface area (Å²) in [5.41, 5.74) is 0. The van der Waals surface area contributed by atoms with E-state index in [1.807, 2.05) is 0 Å². The van der Waals surface area contributed by atoms with Crippen LogP contribution < -0.4 is 0 Å². The number of carbonyl (C=O) groups is 1. The van der Waals surface area contributed by atoms with Crippen LogP contribution in [0, 0.1) is 11.8 Å². The van der Waals surface area contributed by atoms with Gasteiger partial charge in [-0.05, 0) is 18.3 Å². The molecular weight excluding hydrogens is 316 g/mol. The molecule has 0 bridgehead atoms. The predicted molar refractivity (Wildman–Crippen MR) is 101 cm³/mol. The highest BCUT2D eigenvalue weighted by molar-refractivity contribution is 5.76. The van der Waals surface area contributed by atoms with E-state index >= 15 is 0 Å². The Morgan fingerprint density at radius 2 is 1.44 bits per heavy atom. The maximum absolute atomic E-state index is 11.2. The highest BCUT2D eigenvalue weighted by atomic mass is 16.6. The Kier molecular flexibility index (Phi) is 11.4. The van der Waals surface area contributed by atoms with Crippen molar-refractivity contribution in [3.8, 4) is 0 Å². The number of hydrogen-bond donors (Lipinski definition) is 2. The van der Waals surface area contributed by atoms with Crippen LogP contribution in [0.2, 0.25) is 0 Å². The van der Waals surface area contributed by atoms with Gasteiger partial charge in [-0.25, -0.2) is 4.79 Å². The van der Waals surface area contributed by atoms with Gasteiger partial charge in [0.1, 0.15) is 0 Å². The second kappa shape index (κ2) is 12.7. The van der Waals surface area contributed by atoms with Crippen LogP contribution in [0.1, 0.15) is 103 Å². The second-order valence-electron chi connectivity index (χ2n) is 7.92. The summed E-state index contributed by atoms with van der Waals surface area (Å²) < 4.78 is 4.40. The molecule has 0 aromatic rings. The van der Waals surface area contributed by atoms with Crippen molar-refractivity contribution in [2.75, 3.05) is 7.11 Å². The maximum atomic E-state index is 11.2. The summed E-state index contributed by atoms with van der Waals surface area (Å²) in [6.45, 7) is 2.26. The van der Waals surface area contributed by atoms with Gasteiger partial charge < -0.3 is 14.9 Å². The molecule has 0 heterocycles. The fraction of sp³-hybridized carbons (Fsp3) is 0.952. The fourth-order valence-corrected chi connectivity index (χ4v) is 4.28. The van der Waals surface area contributed by atoms with Crippen molar-refractivity contribution in [1.82, 2.24) is 0 Å². The van der Waals surface area contributed by atoms with Crippen molar-refractivity contribution >= 4 is 5.97 Å². The largest absolute Gasteiger partial charge is 0.465 e. The van der Waals surface area contributed by atoms with Gasteiger partial charge in [0, 0.05) is 6.42 Å². The van der Waals surface area contributed by atoms with Crippen LogP contribution in [0.25, 0.3) is 0 Å². The van der Waals surface area contributed by atoms with Crippen LogP contribution in [0.5, 0.6) is 0 Å². The summed E-state index contributed by atoms with van der Waals surface area (Å²) in [5, 5.41) is 19.2. The van der Waals surface area contributed by atoms with E-state index < -0.39 is 11.8 Å². The number of esters is 1. The Labute approximate surface area is 154 Å². The SMILES string of the molecule is CCCCCCCC[C@H]1CCC[C@@H]1CCCCCC(O)(O)C(=O)OC. The zero-order valence-corrected chi connectivity index (χ0v) is 16.5. The quantitative estimate of drug-likeness (QED) is 0.262. The van der Waals surface area contributed by atoms with Gasteiger partial charge in [0.2, 0.25) is 0 Å². The summed E-state index contributed by atoms with van der Waals surface area (Å²) in [6, 6.07) is 0. The van der Waals surface area contributed by atoms with E-state index in [4.69, 9.17) is 0 Å². The molecule has 2 atom stereocenters. The topological polar surface area (TPSA) is 66.8 Å². The zero-order valence-electron chi connectivity index (χ0n) is 16.5. The third-order valence-corrected chi connectivity index (χ3v) is 5.86. The average molecular weight is 357 g/mol. The van der Waals surface area contributed by atoms with E-state index in [1.54, 1.807) is 0 Å². The van der Waals surface area contributed by atoms with Gasteiger partial charge in [0.05, 0.1) is 7.11 Å². The Morgan fingerprint density at radius 3 is 2.00 bits per heavy atom. The first-order valence-electron chi connectivity index (χ1n) is 10.5. The highest BCUT2D eigenvalue weighted by Crippen LogP contribution is 2.38. The van der Waals surface area contributed by atoms with Gasteiger partial charge in [-0.1, -0.05) is 90.4 Å². The molecule has 148 valence electrons. The van der Waals surface area contributed by atoms with E-state index in [1.165, 1.54) is 77.7 Å². The summed E-state index contributed by atoms with van der Waals surface area (Å²) in [5.74, 6) is -1.50. The summed E-state index contributed by atoms with van der Waals surface area (Å²) in [7, 11) is 1.17. The van der Waals surface area contributed by atoms with E-state index in [0.29, 0.717) is 6.42 Å². The number of rotatable bonds is 14. The van der Waals surface area contributed by atoms with Crippen molar-refractivity contribution in [2.24, 2.45) is 11.8 Å². The third kappa shape index (κ3) is 9.05. The number of unbranched alkanes of at least 4 members (excludes halogenated alkanes) is 7. The van der Waals surface area contributed by atoms with Crippen molar-refractivity contribution in [1.29, 1.82) is 0 Å². The normalized spacial score (nSPS) is 20.8. The molecule has 0 aromatic carbocycles. The molecule has 4 nitrogen and oxygen atoms in total. The molecule has 0 amide bonds. The van der Waals surface area contributed by atoms with Crippen LogP contribution in [-0.2, 0) is 9.53 Å². The minimum atomic E-state index is -2.32. The second-order valence-corrected chi connectivity index (χ2v) is 7.92. The van der Waals surface area contributed by atoms with Crippen LogP contribution in [0.3, 0.4) is 0 Å². The Bertz CT molecular complexity index is 354. The Balaban J connectivity index is 2.10. The van der Waals surface area contributed by atoms with Crippen molar-refractivity contribution in [3.63, 3.8) is 0 Å². The molecule has 0 aliphatic heterocycles. The Morgan fingerprint density at radius 1 is 0.920 bits per heavy atom. The third-order valence-electron chi connectivity index (χ3n) is 5.86. The molecule has 1 fully saturated rings. The molecule has 0 spiro atoms. The molecule has 1 aliphatic rings. The van der Waals surface area contributed by atoms with Crippen molar-refractivity contribution < 1.29 is 19.7 Å². The molecular formula is C21H40O4. The van der Waals surface area contributed by atoms with E-state index in [-0.39, 0.29) is 6.42 Å². The van der Waals surface area contributed by atoms with E-state index in [0.717, 1.165) is 24.7 Å². The number of ether oxygens (including phenoxy) is 1. The standard InChI is InChI=1S/C21H40O4/c1-3-4-5-6-7-9-13-18-15-12-16-19(18)14-10-8-11-17-21(23,24)20(22)25-2/h18-19,23-24H,3-17H2,1-2H3/t18-,19-/m0/s1. The van der Waals surface area contributed by atoms with Crippen molar-refractivity contribution in [3.05, 3.63) is 0 Å². The molecule has 4 heteroatoms. The first-order valence-corrected chi connectivity index (χ1v) is 10.5. The average Bonchev–Trinajstić information content (AvgIpc) is 3.04. The minimum Gasteiger partial charge on any atom is -0.465 e. The van der Waals surface area contributed by atoms with E-state index in [9.17, 15) is 15.0 Å². The summed E-state index contributed by atoms with van der Waals surface area (Å²) in [6.07, 6.45) is 17.9. The van der Waals surface area contributed by atoms with E-state index in [2.05, 4.69) is 11.7 Å². The lowest BCUT2D eigenvalue weighted by Crippen LogP contribution is -2.39. The molecule has 25 heavy (non-hydrogen) atoms. The van der Waals surface area contributed by atoms with Gasteiger partial charge in [0.15, 0.2) is 0 Å². The molecule has 1 rings (SSSR count). The highest BCUT2D eigenvalue weighted by Gasteiger charge is 2.33. The first-order chi connectivity index (χ1) is 12.0. The fourth-order valence-electron chi connectivity index (χ4n) is 4.28.